The van der Waals surface area contributed by atoms with Gasteiger partial charge in [-0.05, 0) is 55.0 Å². The van der Waals surface area contributed by atoms with E-state index >= 15 is 0 Å². The van der Waals surface area contributed by atoms with Gasteiger partial charge in [-0.15, -0.1) is 11.3 Å². The second-order valence-electron chi connectivity index (χ2n) is 7.75. The maximum atomic E-state index is 12.4. The van der Waals surface area contributed by atoms with Crippen LogP contribution in [0, 0.1) is 5.92 Å². The molecule has 0 saturated carbocycles. The molecule has 2 aromatic rings. The Morgan fingerprint density at radius 3 is 2.69 bits per heavy atom. The van der Waals surface area contributed by atoms with Crippen molar-refractivity contribution in [1.82, 2.24) is 15.8 Å². The van der Waals surface area contributed by atoms with Gasteiger partial charge in [0, 0.05) is 41.8 Å². The predicted molar refractivity (Wildman–Crippen MR) is 117 cm³/mol. The molecule has 2 heterocycles. The van der Waals surface area contributed by atoms with Crippen molar-refractivity contribution in [3.63, 3.8) is 0 Å². The standard InChI is InChI=1S/C21H25ClN4O2S/c1-14-5-6-18-15(11-14)12-19(29-18)20(27)23-24-21(28)26-9-7-25(8-10-26)17-4-2-3-16(22)13-17/h2-4,12-14H,5-11H2,1H3,(H,23,27)(H,24,28)/t14-/m0/s1. The summed E-state index contributed by atoms with van der Waals surface area (Å²) in [6.45, 7) is 4.85. The lowest BCUT2D eigenvalue weighted by Gasteiger charge is -2.36. The van der Waals surface area contributed by atoms with E-state index < -0.39 is 0 Å². The Labute approximate surface area is 179 Å². The molecule has 0 unspecified atom stereocenters. The number of fused-ring (bicyclic) bond motifs is 1. The average molecular weight is 433 g/mol. The first kappa shape index (κ1) is 20.0. The number of anilines is 1. The number of amides is 3. The van der Waals surface area contributed by atoms with Gasteiger partial charge in [-0.1, -0.05) is 24.6 Å². The third-order valence-corrected chi connectivity index (χ3v) is 7.05. The first-order chi connectivity index (χ1) is 14.0. The number of benzene rings is 1. The molecule has 2 aliphatic rings. The quantitative estimate of drug-likeness (QED) is 0.711. The fraction of sp³-hybridized carbons (Fsp3) is 0.429. The van der Waals surface area contributed by atoms with Crippen molar-refractivity contribution in [3.8, 4) is 0 Å². The summed E-state index contributed by atoms with van der Waals surface area (Å²) in [5.41, 5.74) is 7.46. The van der Waals surface area contributed by atoms with Gasteiger partial charge in [0.25, 0.3) is 5.91 Å². The Morgan fingerprint density at radius 2 is 1.93 bits per heavy atom. The highest BCUT2D eigenvalue weighted by atomic mass is 35.5. The molecule has 29 heavy (non-hydrogen) atoms. The Hall–Kier alpha value is -2.25. The summed E-state index contributed by atoms with van der Waals surface area (Å²) in [4.78, 5) is 30.8. The lowest BCUT2D eigenvalue weighted by molar-refractivity contribution is 0.0933. The minimum atomic E-state index is -0.279. The molecular formula is C21H25ClN4O2S. The molecule has 0 bridgehead atoms. The van der Waals surface area contributed by atoms with E-state index in [1.807, 2.05) is 30.3 Å². The molecule has 1 aliphatic heterocycles. The SMILES string of the molecule is C[C@H]1CCc2sc(C(=O)NNC(=O)N3CCN(c4cccc(Cl)c4)CC3)cc2C1. The highest BCUT2D eigenvalue weighted by Gasteiger charge is 2.23. The van der Waals surface area contributed by atoms with Crippen LogP contribution < -0.4 is 15.8 Å². The number of rotatable bonds is 2. The summed E-state index contributed by atoms with van der Waals surface area (Å²) in [7, 11) is 0. The van der Waals surface area contributed by atoms with Gasteiger partial charge < -0.3 is 9.80 Å². The number of urea groups is 1. The fourth-order valence-electron chi connectivity index (χ4n) is 3.91. The van der Waals surface area contributed by atoms with Crippen LogP contribution >= 0.6 is 22.9 Å². The van der Waals surface area contributed by atoms with Crippen LogP contribution in [0.4, 0.5) is 10.5 Å². The van der Waals surface area contributed by atoms with Crippen LogP contribution in [0.25, 0.3) is 0 Å². The van der Waals surface area contributed by atoms with Gasteiger partial charge in [-0.25, -0.2) is 10.2 Å². The number of nitrogens with zero attached hydrogens (tertiary/aromatic N) is 2. The zero-order valence-corrected chi connectivity index (χ0v) is 18.0. The van der Waals surface area contributed by atoms with E-state index in [0.29, 0.717) is 28.9 Å². The van der Waals surface area contributed by atoms with Gasteiger partial charge in [-0.3, -0.25) is 10.2 Å². The third-order valence-electron chi connectivity index (χ3n) is 5.58. The van der Waals surface area contributed by atoms with Crippen LogP contribution in [0.1, 0.15) is 33.5 Å². The van der Waals surface area contributed by atoms with E-state index in [1.165, 1.54) is 28.2 Å². The number of carbonyl (C=O) groups excluding carboxylic acids is 2. The molecule has 6 nitrogen and oxygen atoms in total. The lowest BCUT2D eigenvalue weighted by atomic mass is 9.90. The van der Waals surface area contributed by atoms with Crippen molar-refractivity contribution in [1.29, 1.82) is 0 Å². The first-order valence-electron chi connectivity index (χ1n) is 9.97. The molecule has 3 amide bonds. The van der Waals surface area contributed by atoms with Crippen LogP contribution in [0.2, 0.25) is 5.02 Å². The average Bonchev–Trinajstić information content (AvgIpc) is 3.15. The highest BCUT2D eigenvalue weighted by molar-refractivity contribution is 7.14. The molecule has 1 atom stereocenters. The molecule has 4 rings (SSSR count). The van der Waals surface area contributed by atoms with Gasteiger partial charge in [-0.2, -0.15) is 0 Å². The van der Waals surface area contributed by atoms with Gasteiger partial charge in [0.15, 0.2) is 0 Å². The molecule has 0 spiro atoms. The van der Waals surface area contributed by atoms with E-state index in [-0.39, 0.29) is 11.9 Å². The molecule has 1 saturated heterocycles. The number of piperazine rings is 1. The lowest BCUT2D eigenvalue weighted by Crippen LogP contribution is -2.55. The number of hydrogen-bond acceptors (Lipinski definition) is 4. The normalized spacial score (nSPS) is 18.9. The minimum absolute atomic E-state index is 0.247. The van der Waals surface area contributed by atoms with Crippen LogP contribution in [0.5, 0.6) is 0 Å². The Morgan fingerprint density at radius 1 is 1.14 bits per heavy atom. The van der Waals surface area contributed by atoms with Crippen molar-refractivity contribution in [3.05, 3.63) is 50.7 Å². The summed E-state index contributed by atoms with van der Waals surface area (Å²) in [6, 6.07) is 9.42. The van der Waals surface area contributed by atoms with Crippen molar-refractivity contribution in [2.75, 3.05) is 31.1 Å². The van der Waals surface area contributed by atoms with E-state index in [4.69, 9.17) is 11.6 Å². The molecular weight excluding hydrogens is 408 g/mol. The highest BCUT2D eigenvalue weighted by Crippen LogP contribution is 2.32. The van der Waals surface area contributed by atoms with Gasteiger partial charge in [0.05, 0.1) is 4.88 Å². The molecule has 154 valence electrons. The van der Waals surface area contributed by atoms with Gasteiger partial charge >= 0.3 is 6.03 Å². The largest absolute Gasteiger partial charge is 0.368 e. The van der Waals surface area contributed by atoms with Crippen molar-refractivity contribution >= 4 is 40.6 Å². The maximum Gasteiger partial charge on any atom is 0.336 e. The van der Waals surface area contributed by atoms with Crippen molar-refractivity contribution < 1.29 is 9.59 Å². The van der Waals surface area contributed by atoms with E-state index in [2.05, 4.69) is 22.7 Å². The first-order valence-corrected chi connectivity index (χ1v) is 11.2. The Kier molecular flexibility index (Phi) is 5.96. The summed E-state index contributed by atoms with van der Waals surface area (Å²) in [5, 5.41) is 0.704. The van der Waals surface area contributed by atoms with Crippen LogP contribution in [0.15, 0.2) is 30.3 Å². The van der Waals surface area contributed by atoms with E-state index in [9.17, 15) is 9.59 Å². The van der Waals surface area contributed by atoms with Crippen LogP contribution in [-0.4, -0.2) is 43.0 Å². The molecule has 1 fully saturated rings. The monoisotopic (exact) mass is 432 g/mol. The molecule has 8 heteroatoms. The van der Waals surface area contributed by atoms with Crippen molar-refractivity contribution in [2.45, 2.75) is 26.2 Å². The molecule has 1 aromatic heterocycles. The maximum absolute atomic E-state index is 12.4. The molecule has 1 aliphatic carbocycles. The van der Waals surface area contributed by atoms with Crippen LogP contribution in [0.3, 0.4) is 0 Å². The zero-order chi connectivity index (χ0) is 20.4. The van der Waals surface area contributed by atoms with Crippen molar-refractivity contribution in [2.24, 2.45) is 5.92 Å². The second-order valence-corrected chi connectivity index (χ2v) is 9.32. The number of halogens is 1. The summed E-state index contributed by atoms with van der Waals surface area (Å²) in [6.07, 6.45) is 3.24. The topological polar surface area (TPSA) is 64.7 Å². The van der Waals surface area contributed by atoms with Crippen LogP contribution in [-0.2, 0) is 12.8 Å². The number of hydrazine groups is 1. The smallest absolute Gasteiger partial charge is 0.336 e. The predicted octanol–water partition coefficient (Wildman–Crippen LogP) is 3.70. The fourth-order valence-corrected chi connectivity index (χ4v) is 5.20. The van der Waals surface area contributed by atoms with E-state index in [1.54, 1.807) is 4.90 Å². The van der Waals surface area contributed by atoms with E-state index in [0.717, 1.165) is 31.6 Å². The number of hydrogen-bond donors (Lipinski definition) is 2. The number of carbonyl (C=O) groups is 2. The van der Waals surface area contributed by atoms with Gasteiger partial charge in [0.1, 0.15) is 0 Å². The second kappa shape index (κ2) is 8.63. The molecule has 1 aromatic carbocycles. The summed E-state index contributed by atoms with van der Waals surface area (Å²) in [5.74, 6) is 0.418. The molecule has 2 N–H and O–H groups in total. The molecule has 0 radical (unpaired) electrons. The Bertz CT molecular complexity index is 908. The summed E-state index contributed by atoms with van der Waals surface area (Å²) >= 11 is 7.60. The number of nitrogens with one attached hydrogen (secondary N) is 2. The minimum Gasteiger partial charge on any atom is -0.368 e. The number of aryl methyl sites for hydroxylation is 1. The third kappa shape index (κ3) is 4.67. The summed E-state index contributed by atoms with van der Waals surface area (Å²) < 4.78 is 0. The Balaban J connectivity index is 1.27. The number of thiophene rings is 1. The van der Waals surface area contributed by atoms with Gasteiger partial charge in [0.2, 0.25) is 0 Å². The zero-order valence-electron chi connectivity index (χ0n) is 16.4.